The number of piperidine rings is 1. The minimum atomic E-state index is -0.105. The molecule has 8 heteroatoms. The molecule has 4 heterocycles. The molecule has 2 atom stereocenters. The minimum Gasteiger partial charge on any atom is -0.497 e. The van der Waals surface area contributed by atoms with E-state index in [1.54, 1.807) is 19.5 Å². The lowest BCUT2D eigenvalue weighted by Gasteiger charge is -2.49. The fourth-order valence-corrected chi connectivity index (χ4v) is 5.52. The molecular weight excluding hydrogens is 416 g/mol. The summed E-state index contributed by atoms with van der Waals surface area (Å²) >= 11 is 0. The number of piperazine rings is 1. The zero-order valence-corrected chi connectivity index (χ0v) is 19.4. The van der Waals surface area contributed by atoms with Crippen LogP contribution < -0.4 is 19.9 Å². The third-order valence-corrected chi connectivity index (χ3v) is 7.31. The number of hydrogen-bond donors (Lipinski definition) is 1. The minimum absolute atomic E-state index is 0.0790. The molecular formula is C25H34N6O2. The van der Waals surface area contributed by atoms with Crippen molar-refractivity contribution in [1.29, 1.82) is 0 Å². The van der Waals surface area contributed by atoms with Gasteiger partial charge in [-0.3, -0.25) is 9.78 Å². The Labute approximate surface area is 195 Å². The number of nitrogens with one attached hydrogen (secondary N) is 1. The second-order valence-corrected chi connectivity index (χ2v) is 9.27. The monoisotopic (exact) mass is 450 g/mol. The van der Waals surface area contributed by atoms with Gasteiger partial charge < -0.3 is 24.8 Å². The third kappa shape index (κ3) is 4.76. The van der Waals surface area contributed by atoms with Crippen molar-refractivity contribution in [1.82, 2.24) is 20.2 Å². The largest absolute Gasteiger partial charge is 0.497 e. The van der Waals surface area contributed by atoms with Gasteiger partial charge in [-0.05, 0) is 44.0 Å². The van der Waals surface area contributed by atoms with Crippen LogP contribution in [0.4, 0.5) is 11.5 Å². The Morgan fingerprint density at radius 2 is 2.03 bits per heavy atom. The fourth-order valence-electron chi connectivity index (χ4n) is 5.52. The highest BCUT2D eigenvalue weighted by atomic mass is 16.5. The summed E-state index contributed by atoms with van der Waals surface area (Å²) in [5, 5.41) is 3.26. The molecule has 0 radical (unpaired) electrons. The Balaban J connectivity index is 1.34. The van der Waals surface area contributed by atoms with E-state index in [2.05, 4.69) is 42.1 Å². The van der Waals surface area contributed by atoms with Gasteiger partial charge in [-0.25, -0.2) is 4.98 Å². The number of amides is 1. The Bertz CT molecular complexity index is 949. The molecule has 1 aromatic heterocycles. The van der Waals surface area contributed by atoms with Crippen LogP contribution in [0.25, 0.3) is 0 Å². The van der Waals surface area contributed by atoms with Crippen LogP contribution in [-0.2, 0) is 11.2 Å². The molecule has 33 heavy (non-hydrogen) atoms. The van der Waals surface area contributed by atoms with Crippen molar-refractivity contribution in [2.45, 2.75) is 31.7 Å². The first-order chi connectivity index (χ1) is 16.2. The number of carbonyl (C=O) groups excluding carboxylic acids is 1. The molecule has 0 unspecified atom stereocenters. The molecule has 0 saturated carbocycles. The number of aromatic nitrogens is 2. The van der Waals surface area contributed by atoms with E-state index in [1.807, 2.05) is 12.3 Å². The van der Waals surface area contributed by atoms with Gasteiger partial charge in [0.15, 0.2) is 0 Å². The van der Waals surface area contributed by atoms with Gasteiger partial charge in [0.05, 0.1) is 25.3 Å². The SMILES string of the molecule is COc1ccc2c(c1)N1CCN(c3cnccn3)C[C@@H]1[C@H](C(=O)NCCN1CCCCC1)C2. The van der Waals surface area contributed by atoms with Crippen molar-refractivity contribution in [3.63, 3.8) is 0 Å². The summed E-state index contributed by atoms with van der Waals surface area (Å²) in [5.74, 6) is 1.78. The number of nitrogens with zero attached hydrogens (tertiary/aromatic N) is 5. The van der Waals surface area contributed by atoms with Crippen LogP contribution in [0, 0.1) is 5.92 Å². The Hall–Kier alpha value is -2.87. The number of hydrogen-bond acceptors (Lipinski definition) is 7. The van der Waals surface area contributed by atoms with E-state index >= 15 is 0 Å². The highest BCUT2D eigenvalue weighted by molar-refractivity contribution is 5.82. The van der Waals surface area contributed by atoms with Crippen LogP contribution in [0.1, 0.15) is 24.8 Å². The molecule has 0 spiro atoms. The maximum absolute atomic E-state index is 13.4. The predicted octanol–water partition coefficient (Wildman–Crippen LogP) is 1.95. The van der Waals surface area contributed by atoms with Crippen LogP contribution in [0.2, 0.25) is 0 Å². The van der Waals surface area contributed by atoms with Crippen molar-refractivity contribution in [3.05, 3.63) is 42.4 Å². The summed E-state index contributed by atoms with van der Waals surface area (Å²) < 4.78 is 5.50. The molecule has 5 rings (SSSR count). The van der Waals surface area contributed by atoms with Gasteiger partial charge in [-0.1, -0.05) is 12.5 Å². The Morgan fingerprint density at radius 3 is 2.82 bits per heavy atom. The maximum atomic E-state index is 13.4. The molecule has 2 fully saturated rings. The number of likely N-dealkylation sites (tertiary alicyclic amines) is 1. The molecule has 0 aliphatic carbocycles. The summed E-state index contributed by atoms with van der Waals surface area (Å²) in [7, 11) is 1.70. The molecule has 8 nitrogen and oxygen atoms in total. The summed E-state index contributed by atoms with van der Waals surface area (Å²) in [6.07, 6.45) is 9.84. The van der Waals surface area contributed by atoms with E-state index in [0.717, 1.165) is 57.3 Å². The second kappa shape index (κ2) is 9.95. The number of methoxy groups -OCH3 is 1. The van der Waals surface area contributed by atoms with Gasteiger partial charge in [0, 0.05) is 56.9 Å². The van der Waals surface area contributed by atoms with Crippen molar-refractivity contribution in [2.75, 3.05) is 62.7 Å². The van der Waals surface area contributed by atoms with E-state index in [0.29, 0.717) is 6.54 Å². The smallest absolute Gasteiger partial charge is 0.225 e. The van der Waals surface area contributed by atoms with E-state index < -0.39 is 0 Å². The molecule has 1 aromatic carbocycles. The number of anilines is 2. The quantitative estimate of drug-likeness (QED) is 0.721. The van der Waals surface area contributed by atoms with Gasteiger partial charge in [0.25, 0.3) is 0 Å². The van der Waals surface area contributed by atoms with E-state index in [4.69, 9.17) is 4.74 Å². The summed E-state index contributed by atoms with van der Waals surface area (Å²) in [6, 6.07) is 6.31. The molecule has 176 valence electrons. The Kier molecular flexibility index (Phi) is 6.62. The van der Waals surface area contributed by atoms with E-state index in [9.17, 15) is 4.79 Å². The summed E-state index contributed by atoms with van der Waals surface area (Å²) in [4.78, 5) is 29.3. The number of benzene rings is 1. The van der Waals surface area contributed by atoms with Crippen LogP contribution in [0.15, 0.2) is 36.8 Å². The van der Waals surface area contributed by atoms with Crippen LogP contribution in [0.3, 0.4) is 0 Å². The molecule has 1 amide bonds. The van der Waals surface area contributed by atoms with Crippen LogP contribution in [0.5, 0.6) is 5.75 Å². The Morgan fingerprint density at radius 1 is 1.15 bits per heavy atom. The first kappa shape index (κ1) is 21.9. The van der Waals surface area contributed by atoms with E-state index in [1.165, 1.54) is 30.5 Å². The molecule has 3 aliphatic heterocycles. The van der Waals surface area contributed by atoms with Crippen molar-refractivity contribution in [3.8, 4) is 5.75 Å². The molecule has 1 N–H and O–H groups in total. The molecule has 0 bridgehead atoms. The highest BCUT2D eigenvalue weighted by Crippen LogP contribution is 2.38. The van der Waals surface area contributed by atoms with Gasteiger partial charge in [0.2, 0.25) is 5.91 Å². The zero-order chi connectivity index (χ0) is 22.6. The first-order valence-electron chi connectivity index (χ1n) is 12.2. The summed E-state index contributed by atoms with van der Waals surface area (Å²) in [5.41, 5.74) is 2.41. The van der Waals surface area contributed by atoms with Crippen LogP contribution in [-0.4, -0.2) is 79.7 Å². The fraction of sp³-hybridized carbons (Fsp3) is 0.560. The lowest BCUT2D eigenvalue weighted by Crippen LogP contribution is -2.61. The average molecular weight is 451 g/mol. The lowest BCUT2D eigenvalue weighted by molar-refractivity contribution is -0.125. The van der Waals surface area contributed by atoms with Gasteiger partial charge in [0.1, 0.15) is 11.6 Å². The molecule has 3 aliphatic rings. The molecule has 2 saturated heterocycles. The third-order valence-electron chi connectivity index (χ3n) is 7.31. The molecule has 2 aromatic rings. The van der Waals surface area contributed by atoms with Gasteiger partial charge >= 0.3 is 0 Å². The average Bonchev–Trinajstić information content (AvgIpc) is 2.88. The van der Waals surface area contributed by atoms with E-state index in [-0.39, 0.29) is 17.9 Å². The topological polar surface area (TPSA) is 73.8 Å². The predicted molar refractivity (Wildman–Crippen MR) is 129 cm³/mol. The number of carbonyl (C=O) groups is 1. The van der Waals surface area contributed by atoms with Crippen molar-refractivity contribution in [2.24, 2.45) is 5.92 Å². The first-order valence-corrected chi connectivity index (χ1v) is 12.2. The number of rotatable bonds is 6. The number of ether oxygens (including phenoxy) is 1. The second-order valence-electron chi connectivity index (χ2n) is 9.27. The maximum Gasteiger partial charge on any atom is 0.225 e. The number of fused-ring (bicyclic) bond motifs is 3. The normalized spacial score (nSPS) is 22.9. The van der Waals surface area contributed by atoms with Gasteiger partial charge in [-0.15, -0.1) is 0 Å². The standard InChI is InChI=1S/C25H34N6O2/c1-33-20-6-5-19-15-21(25(32)28-9-12-29-10-3-2-4-11-29)23-18-30(24-17-26-7-8-27-24)13-14-31(23)22(19)16-20/h5-8,16-17,21,23H,2-4,9-15,18H2,1H3,(H,28,32)/t21-,23-/m1/s1. The summed E-state index contributed by atoms with van der Waals surface area (Å²) in [6.45, 7) is 6.38. The van der Waals surface area contributed by atoms with Gasteiger partial charge in [-0.2, -0.15) is 0 Å². The van der Waals surface area contributed by atoms with Crippen molar-refractivity contribution < 1.29 is 9.53 Å². The highest BCUT2D eigenvalue weighted by Gasteiger charge is 2.42. The van der Waals surface area contributed by atoms with Crippen LogP contribution >= 0.6 is 0 Å². The zero-order valence-electron chi connectivity index (χ0n) is 19.4. The van der Waals surface area contributed by atoms with Crippen molar-refractivity contribution >= 4 is 17.4 Å². The lowest BCUT2D eigenvalue weighted by atomic mass is 9.83.